The van der Waals surface area contributed by atoms with Gasteiger partial charge in [-0.15, -0.1) is 11.8 Å². The standard InChI is InChI=1S/C18H17BrN2O2S/c1-11(12-6-2-3-7-13(12)19)20-17(22)10-16-18(23)21-14-8-4-5-9-15(14)24-16/h2-9,11,16H,10H2,1H3,(H,20,22)(H,21,23)/t11-,16-/m1/s1. The third-order valence-electron chi connectivity index (χ3n) is 3.83. The Balaban J connectivity index is 1.63. The van der Waals surface area contributed by atoms with Gasteiger partial charge >= 0.3 is 0 Å². The van der Waals surface area contributed by atoms with Gasteiger partial charge in [-0.05, 0) is 30.7 Å². The number of anilines is 1. The van der Waals surface area contributed by atoms with E-state index in [4.69, 9.17) is 0 Å². The summed E-state index contributed by atoms with van der Waals surface area (Å²) in [6.07, 6.45) is 0.152. The Hall–Kier alpha value is -1.79. The molecule has 3 rings (SSSR count). The highest BCUT2D eigenvalue weighted by Crippen LogP contribution is 2.36. The molecule has 0 aromatic heterocycles. The number of nitrogens with one attached hydrogen (secondary N) is 2. The summed E-state index contributed by atoms with van der Waals surface area (Å²) in [6, 6.07) is 15.3. The Morgan fingerprint density at radius 3 is 2.75 bits per heavy atom. The molecular formula is C18H17BrN2O2S. The van der Waals surface area contributed by atoms with Crippen LogP contribution >= 0.6 is 27.7 Å². The molecule has 6 heteroatoms. The van der Waals surface area contributed by atoms with E-state index in [0.717, 1.165) is 20.6 Å². The molecule has 0 unspecified atom stereocenters. The van der Waals surface area contributed by atoms with Crippen LogP contribution in [-0.2, 0) is 9.59 Å². The Bertz CT molecular complexity index is 781. The van der Waals surface area contributed by atoms with E-state index in [1.807, 2.05) is 55.5 Å². The van der Waals surface area contributed by atoms with Crippen LogP contribution in [0, 0.1) is 0 Å². The van der Waals surface area contributed by atoms with E-state index in [-0.39, 0.29) is 24.3 Å². The third-order valence-corrected chi connectivity index (χ3v) is 5.82. The number of benzene rings is 2. The molecule has 1 aliphatic heterocycles. The lowest BCUT2D eigenvalue weighted by molar-refractivity contribution is -0.124. The first-order chi connectivity index (χ1) is 11.5. The fourth-order valence-electron chi connectivity index (χ4n) is 2.60. The molecule has 0 radical (unpaired) electrons. The topological polar surface area (TPSA) is 58.2 Å². The lowest BCUT2D eigenvalue weighted by Crippen LogP contribution is -2.35. The van der Waals surface area contributed by atoms with E-state index in [1.165, 1.54) is 11.8 Å². The second-order valence-corrected chi connectivity index (χ2v) is 7.71. The van der Waals surface area contributed by atoms with E-state index >= 15 is 0 Å². The van der Waals surface area contributed by atoms with Crippen molar-refractivity contribution in [3.05, 3.63) is 58.6 Å². The maximum atomic E-state index is 12.3. The second kappa shape index (κ2) is 7.40. The van der Waals surface area contributed by atoms with Crippen LogP contribution < -0.4 is 10.6 Å². The summed E-state index contributed by atoms with van der Waals surface area (Å²) in [5, 5.41) is 5.42. The van der Waals surface area contributed by atoms with Crippen LogP contribution in [0.3, 0.4) is 0 Å². The monoisotopic (exact) mass is 404 g/mol. The minimum absolute atomic E-state index is 0.123. The second-order valence-electron chi connectivity index (χ2n) is 5.61. The summed E-state index contributed by atoms with van der Waals surface area (Å²) in [5.74, 6) is -0.257. The minimum Gasteiger partial charge on any atom is -0.349 e. The van der Waals surface area contributed by atoms with Gasteiger partial charge in [0, 0.05) is 15.8 Å². The van der Waals surface area contributed by atoms with Crippen molar-refractivity contribution in [2.24, 2.45) is 0 Å². The van der Waals surface area contributed by atoms with E-state index in [9.17, 15) is 9.59 Å². The van der Waals surface area contributed by atoms with Gasteiger partial charge < -0.3 is 10.6 Å². The molecule has 2 amide bonds. The SMILES string of the molecule is C[C@@H](NC(=O)C[C@H]1Sc2ccccc2NC1=O)c1ccccc1Br. The van der Waals surface area contributed by atoms with Gasteiger partial charge in [-0.2, -0.15) is 0 Å². The Kier molecular flexibility index (Phi) is 5.26. The molecule has 2 aromatic carbocycles. The first-order valence-corrected chi connectivity index (χ1v) is 9.32. The number of hydrogen-bond donors (Lipinski definition) is 2. The van der Waals surface area contributed by atoms with Gasteiger partial charge in [0.05, 0.1) is 17.0 Å². The summed E-state index contributed by atoms with van der Waals surface area (Å²) in [6.45, 7) is 1.93. The van der Waals surface area contributed by atoms with E-state index in [2.05, 4.69) is 26.6 Å². The molecule has 1 heterocycles. The van der Waals surface area contributed by atoms with Gasteiger partial charge in [0.25, 0.3) is 0 Å². The number of carbonyl (C=O) groups excluding carboxylic acids is 2. The Labute approximate surface area is 153 Å². The maximum absolute atomic E-state index is 12.3. The van der Waals surface area contributed by atoms with Crippen molar-refractivity contribution in [2.75, 3.05) is 5.32 Å². The van der Waals surface area contributed by atoms with Gasteiger partial charge in [-0.1, -0.05) is 46.3 Å². The van der Waals surface area contributed by atoms with Crippen LogP contribution in [0.5, 0.6) is 0 Å². The average Bonchev–Trinajstić information content (AvgIpc) is 2.55. The van der Waals surface area contributed by atoms with E-state index < -0.39 is 5.25 Å². The zero-order valence-electron chi connectivity index (χ0n) is 13.1. The van der Waals surface area contributed by atoms with Crippen LogP contribution in [0.1, 0.15) is 24.9 Å². The molecule has 0 saturated carbocycles. The van der Waals surface area contributed by atoms with Gasteiger partial charge in [-0.3, -0.25) is 9.59 Å². The fourth-order valence-corrected chi connectivity index (χ4v) is 4.34. The van der Waals surface area contributed by atoms with Crippen LogP contribution in [0.4, 0.5) is 5.69 Å². The third kappa shape index (κ3) is 3.82. The van der Waals surface area contributed by atoms with E-state index in [1.54, 1.807) is 0 Å². The summed E-state index contributed by atoms with van der Waals surface area (Å²) < 4.78 is 0.955. The highest BCUT2D eigenvalue weighted by Gasteiger charge is 2.29. The maximum Gasteiger partial charge on any atom is 0.238 e. The van der Waals surface area contributed by atoms with Crippen molar-refractivity contribution < 1.29 is 9.59 Å². The molecule has 0 fully saturated rings. The number of fused-ring (bicyclic) bond motifs is 1. The first kappa shape index (κ1) is 17.0. The molecule has 0 spiro atoms. The summed E-state index contributed by atoms with van der Waals surface area (Å²) in [4.78, 5) is 25.5. The summed E-state index contributed by atoms with van der Waals surface area (Å²) in [7, 11) is 0. The lowest BCUT2D eigenvalue weighted by Gasteiger charge is -2.24. The molecule has 4 nitrogen and oxygen atoms in total. The highest BCUT2D eigenvalue weighted by molar-refractivity contribution is 9.10. The first-order valence-electron chi connectivity index (χ1n) is 7.65. The molecule has 2 aromatic rings. The molecule has 1 aliphatic rings. The number of carbonyl (C=O) groups is 2. The minimum atomic E-state index is -0.411. The number of halogens is 1. The molecule has 124 valence electrons. The number of thioether (sulfide) groups is 1. The number of hydrogen-bond acceptors (Lipinski definition) is 3. The molecule has 24 heavy (non-hydrogen) atoms. The zero-order chi connectivity index (χ0) is 17.1. The van der Waals surface area contributed by atoms with Crippen molar-refractivity contribution in [1.82, 2.24) is 5.32 Å². The quantitative estimate of drug-likeness (QED) is 0.804. The van der Waals surface area contributed by atoms with Gasteiger partial charge in [-0.25, -0.2) is 0 Å². The largest absolute Gasteiger partial charge is 0.349 e. The lowest BCUT2D eigenvalue weighted by atomic mass is 10.1. The number of rotatable bonds is 4. The van der Waals surface area contributed by atoms with Crippen LogP contribution in [-0.4, -0.2) is 17.1 Å². The Morgan fingerprint density at radius 2 is 1.96 bits per heavy atom. The van der Waals surface area contributed by atoms with Crippen molar-refractivity contribution in [1.29, 1.82) is 0 Å². The van der Waals surface area contributed by atoms with Crippen molar-refractivity contribution in [3.63, 3.8) is 0 Å². The van der Waals surface area contributed by atoms with Crippen LogP contribution in [0.15, 0.2) is 57.9 Å². The molecular weight excluding hydrogens is 388 g/mol. The normalized spacial score (nSPS) is 17.6. The van der Waals surface area contributed by atoms with Gasteiger partial charge in [0.2, 0.25) is 11.8 Å². The number of para-hydroxylation sites is 1. The van der Waals surface area contributed by atoms with E-state index in [0.29, 0.717) is 0 Å². The van der Waals surface area contributed by atoms with Crippen LogP contribution in [0.25, 0.3) is 0 Å². The molecule has 2 atom stereocenters. The van der Waals surface area contributed by atoms with Gasteiger partial charge in [0.15, 0.2) is 0 Å². The van der Waals surface area contributed by atoms with Crippen LogP contribution in [0.2, 0.25) is 0 Å². The molecule has 0 bridgehead atoms. The smallest absolute Gasteiger partial charge is 0.238 e. The summed E-state index contributed by atoms with van der Waals surface area (Å²) in [5.41, 5.74) is 1.82. The van der Waals surface area contributed by atoms with Crippen molar-refractivity contribution in [2.45, 2.75) is 29.5 Å². The molecule has 0 aliphatic carbocycles. The predicted octanol–water partition coefficient (Wildman–Crippen LogP) is 4.13. The predicted molar refractivity (Wildman–Crippen MR) is 100 cm³/mol. The fraction of sp³-hybridized carbons (Fsp3) is 0.222. The average molecular weight is 405 g/mol. The molecule has 2 N–H and O–H groups in total. The number of amides is 2. The van der Waals surface area contributed by atoms with Crippen molar-refractivity contribution >= 4 is 45.2 Å². The highest BCUT2D eigenvalue weighted by atomic mass is 79.9. The van der Waals surface area contributed by atoms with Crippen molar-refractivity contribution in [3.8, 4) is 0 Å². The Morgan fingerprint density at radius 1 is 1.25 bits per heavy atom. The molecule has 0 saturated heterocycles. The van der Waals surface area contributed by atoms with Gasteiger partial charge in [0.1, 0.15) is 0 Å². The summed E-state index contributed by atoms with van der Waals surface area (Å²) >= 11 is 4.93. The zero-order valence-corrected chi connectivity index (χ0v) is 15.5.